The maximum Gasteiger partial charge on any atom is 0.498 e. The molecule has 25 heavy (non-hydrogen) atoms. The van der Waals surface area contributed by atoms with Crippen molar-refractivity contribution in [3.05, 3.63) is 34.7 Å². The van der Waals surface area contributed by atoms with Crippen molar-refractivity contribution in [3.8, 4) is 5.75 Å². The second-order valence-electron chi connectivity index (χ2n) is 7.28. The van der Waals surface area contributed by atoms with E-state index in [9.17, 15) is 4.79 Å². The molecule has 0 spiro atoms. The van der Waals surface area contributed by atoms with Crippen LogP contribution in [0.4, 0.5) is 0 Å². The highest BCUT2D eigenvalue weighted by Crippen LogP contribution is 2.37. The van der Waals surface area contributed by atoms with Gasteiger partial charge in [0.2, 0.25) is 0 Å². The van der Waals surface area contributed by atoms with Gasteiger partial charge in [-0.2, -0.15) is 0 Å². The summed E-state index contributed by atoms with van der Waals surface area (Å²) in [6.45, 7) is 12.3. The molecule has 0 atom stereocenters. The van der Waals surface area contributed by atoms with Gasteiger partial charge in [0.25, 0.3) is 5.56 Å². The Kier molecular flexibility index (Phi) is 5.64. The Hall–Kier alpha value is -1.79. The number of nitrogens with one attached hydrogen (secondary N) is 1. The number of fused-ring (bicyclic) bond motifs is 1. The molecule has 1 aromatic carbocycles. The van der Waals surface area contributed by atoms with Crippen LogP contribution in [0.1, 0.15) is 48.0 Å². The second-order valence-corrected chi connectivity index (χ2v) is 7.28. The van der Waals surface area contributed by atoms with E-state index in [4.69, 9.17) is 14.0 Å². The largest absolute Gasteiger partial charge is 0.498 e. The van der Waals surface area contributed by atoms with Crippen molar-refractivity contribution in [1.29, 1.82) is 0 Å². The number of benzene rings is 1. The van der Waals surface area contributed by atoms with E-state index in [1.165, 1.54) is 6.42 Å². The lowest BCUT2D eigenvalue weighted by Crippen LogP contribution is -2.41. The van der Waals surface area contributed by atoms with Crippen LogP contribution in [0.2, 0.25) is 0 Å². The zero-order valence-corrected chi connectivity index (χ0v) is 16.2. The topological polar surface area (TPSA) is 60.6 Å². The highest BCUT2D eigenvalue weighted by atomic mass is 16.7. The van der Waals surface area contributed by atoms with Crippen molar-refractivity contribution in [2.45, 2.75) is 59.2 Å². The number of H-pyrrole nitrogens is 1. The number of pyridine rings is 1. The molecule has 5 nitrogen and oxygen atoms in total. The van der Waals surface area contributed by atoms with Crippen LogP contribution in [0.3, 0.4) is 0 Å². The van der Waals surface area contributed by atoms with Gasteiger partial charge in [0, 0.05) is 11.7 Å². The molecule has 1 fully saturated rings. The first-order valence-electron chi connectivity index (χ1n) is 8.71. The zero-order valence-electron chi connectivity index (χ0n) is 16.2. The lowest BCUT2D eigenvalue weighted by Gasteiger charge is -2.32. The molecule has 2 aromatic rings. The van der Waals surface area contributed by atoms with Gasteiger partial charge in [-0.3, -0.25) is 4.79 Å². The number of hydrogen-bond acceptors (Lipinski definition) is 4. The smallest absolute Gasteiger partial charge is 0.497 e. The van der Waals surface area contributed by atoms with Crippen molar-refractivity contribution in [1.82, 2.24) is 4.98 Å². The fraction of sp³-hybridized carbons (Fsp3) is 0.526. The summed E-state index contributed by atoms with van der Waals surface area (Å²) in [6.07, 6.45) is 2.88. The van der Waals surface area contributed by atoms with Gasteiger partial charge < -0.3 is 19.0 Å². The van der Waals surface area contributed by atoms with Crippen LogP contribution in [0.25, 0.3) is 10.8 Å². The molecule has 1 N–H and O–H groups in total. The number of aromatic amines is 1. The lowest BCUT2D eigenvalue weighted by molar-refractivity contribution is 0.00578. The molecule has 1 aliphatic rings. The van der Waals surface area contributed by atoms with Gasteiger partial charge in [0.15, 0.2) is 0 Å². The first kappa shape index (κ1) is 19.5. The summed E-state index contributed by atoms with van der Waals surface area (Å²) in [6, 6.07) is 5.48. The summed E-state index contributed by atoms with van der Waals surface area (Å²) in [5.41, 5.74) is -0.201. The number of ether oxygens (including phenoxy) is 1. The fourth-order valence-electron chi connectivity index (χ4n) is 2.56. The van der Waals surface area contributed by atoms with Crippen LogP contribution in [-0.4, -0.2) is 30.4 Å². The van der Waals surface area contributed by atoms with Gasteiger partial charge in [-0.1, -0.05) is 26.3 Å². The molecule has 1 aromatic heterocycles. The van der Waals surface area contributed by atoms with Crippen molar-refractivity contribution in [3.63, 3.8) is 0 Å². The standard InChI is InChI=1S/C16H20BNO4.C3H8/c1-15(2)16(3,4)22-17(21-15)12-8-10-6-7-18-14(19)11(10)9-13(12)20-5;1-3-2/h6-9H,1-5H3,(H,18,19);3H2,1-2H3. The lowest BCUT2D eigenvalue weighted by atomic mass is 9.77. The Balaban J connectivity index is 0.000000701. The molecule has 0 saturated carbocycles. The maximum atomic E-state index is 11.9. The molecule has 1 aliphatic heterocycles. The van der Waals surface area contributed by atoms with Gasteiger partial charge >= 0.3 is 7.12 Å². The maximum absolute atomic E-state index is 11.9. The van der Waals surface area contributed by atoms with E-state index in [0.717, 1.165) is 10.8 Å². The number of hydrogen-bond donors (Lipinski definition) is 1. The SMILES string of the molecule is CCC.COc1cc2c(=O)[nH]ccc2cc1B1OC(C)(C)C(C)(C)O1. The minimum atomic E-state index is -0.524. The molecule has 136 valence electrons. The van der Waals surface area contributed by atoms with Gasteiger partial charge in [-0.05, 0) is 45.2 Å². The Morgan fingerprint density at radius 3 is 2.20 bits per heavy atom. The third-order valence-electron chi connectivity index (χ3n) is 4.63. The molecule has 3 rings (SSSR count). The summed E-state index contributed by atoms with van der Waals surface area (Å²) in [4.78, 5) is 14.6. The molecule has 6 heteroatoms. The summed E-state index contributed by atoms with van der Waals surface area (Å²) in [7, 11) is 1.05. The van der Waals surface area contributed by atoms with Crippen LogP contribution in [-0.2, 0) is 9.31 Å². The quantitative estimate of drug-likeness (QED) is 0.849. The minimum Gasteiger partial charge on any atom is -0.497 e. The van der Waals surface area contributed by atoms with Crippen molar-refractivity contribution >= 4 is 23.4 Å². The van der Waals surface area contributed by atoms with Crippen LogP contribution < -0.4 is 15.8 Å². The molecular formula is C19H28BNO4. The normalized spacial score (nSPS) is 18.0. The van der Waals surface area contributed by atoms with Crippen LogP contribution in [0, 0.1) is 0 Å². The van der Waals surface area contributed by atoms with Gasteiger partial charge in [-0.15, -0.1) is 0 Å². The minimum absolute atomic E-state index is 0.142. The highest BCUT2D eigenvalue weighted by Gasteiger charge is 2.52. The predicted octanol–water partition coefficient (Wildman–Crippen LogP) is 3.25. The van der Waals surface area contributed by atoms with Crippen LogP contribution in [0.5, 0.6) is 5.75 Å². The third-order valence-corrected chi connectivity index (χ3v) is 4.63. The average molecular weight is 345 g/mol. The molecule has 0 aliphatic carbocycles. The zero-order chi connectivity index (χ0) is 18.8. The third kappa shape index (κ3) is 3.75. The first-order valence-corrected chi connectivity index (χ1v) is 8.71. The Bertz CT molecular complexity index is 782. The summed E-state index contributed by atoms with van der Waals surface area (Å²) in [5, 5.41) is 1.41. The summed E-state index contributed by atoms with van der Waals surface area (Å²) >= 11 is 0. The van der Waals surface area contributed by atoms with Gasteiger partial charge in [-0.25, -0.2) is 0 Å². The van der Waals surface area contributed by atoms with Gasteiger partial charge in [0.1, 0.15) is 5.75 Å². The van der Waals surface area contributed by atoms with E-state index in [1.54, 1.807) is 19.4 Å². The number of rotatable bonds is 2. The van der Waals surface area contributed by atoms with Gasteiger partial charge in [0.05, 0.1) is 23.7 Å². The fourth-order valence-corrected chi connectivity index (χ4v) is 2.56. The van der Waals surface area contributed by atoms with E-state index >= 15 is 0 Å². The van der Waals surface area contributed by atoms with E-state index in [1.807, 2.05) is 39.8 Å². The second kappa shape index (κ2) is 7.22. The summed E-state index contributed by atoms with van der Waals surface area (Å²) < 4.78 is 17.6. The molecule has 0 amide bonds. The molecule has 2 heterocycles. The Morgan fingerprint density at radius 2 is 1.68 bits per heavy atom. The first-order chi connectivity index (χ1) is 11.7. The van der Waals surface area contributed by atoms with E-state index in [-0.39, 0.29) is 5.56 Å². The molecule has 0 bridgehead atoms. The Morgan fingerprint density at radius 1 is 1.12 bits per heavy atom. The van der Waals surface area contributed by atoms with E-state index in [0.29, 0.717) is 11.1 Å². The molecular weight excluding hydrogens is 317 g/mol. The molecule has 0 unspecified atom stereocenters. The van der Waals surface area contributed by atoms with Crippen molar-refractivity contribution in [2.24, 2.45) is 0 Å². The van der Waals surface area contributed by atoms with E-state index in [2.05, 4.69) is 18.8 Å². The van der Waals surface area contributed by atoms with Crippen LogP contribution in [0.15, 0.2) is 29.2 Å². The van der Waals surface area contributed by atoms with E-state index < -0.39 is 18.3 Å². The predicted molar refractivity (Wildman–Crippen MR) is 103 cm³/mol. The highest BCUT2D eigenvalue weighted by molar-refractivity contribution is 6.63. The Labute approximate surface area is 149 Å². The molecule has 1 saturated heterocycles. The average Bonchev–Trinajstić information content (AvgIpc) is 2.75. The van der Waals surface area contributed by atoms with Crippen molar-refractivity contribution in [2.75, 3.05) is 7.11 Å². The van der Waals surface area contributed by atoms with Crippen LogP contribution >= 0.6 is 0 Å². The van der Waals surface area contributed by atoms with Crippen molar-refractivity contribution < 1.29 is 14.0 Å². The number of aromatic nitrogens is 1. The number of methoxy groups -OCH3 is 1. The monoisotopic (exact) mass is 345 g/mol. The summed E-state index contributed by atoms with van der Waals surface area (Å²) in [5.74, 6) is 0.586. The molecule has 0 radical (unpaired) electrons.